The fourth-order valence-electron chi connectivity index (χ4n) is 4.26. The molecule has 0 saturated carbocycles. The molecule has 2 aliphatic rings. The predicted molar refractivity (Wildman–Crippen MR) is 131 cm³/mol. The van der Waals surface area contributed by atoms with Crippen molar-refractivity contribution < 1.29 is 33.1 Å². The summed E-state index contributed by atoms with van der Waals surface area (Å²) in [5.41, 5.74) is 2.26. The van der Waals surface area contributed by atoms with Crippen LogP contribution in [0, 0.1) is 15.9 Å². The highest BCUT2D eigenvalue weighted by Crippen LogP contribution is 2.30. The highest BCUT2D eigenvalue weighted by Gasteiger charge is 2.33. The molecule has 13 heteroatoms. The van der Waals surface area contributed by atoms with Gasteiger partial charge in [0, 0.05) is 17.5 Å². The summed E-state index contributed by atoms with van der Waals surface area (Å²) in [6.07, 6.45) is -0.0978. The number of nitrogens with one attached hydrogen (secondary N) is 1. The lowest BCUT2D eigenvalue weighted by atomic mass is 10.0. The van der Waals surface area contributed by atoms with Crippen LogP contribution in [-0.4, -0.2) is 58.4 Å². The minimum absolute atomic E-state index is 0.190. The van der Waals surface area contributed by atoms with Crippen LogP contribution in [0.25, 0.3) is 11.1 Å². The highest BCUT2D eigenvalue weighted by molar-refractivity contribution is 5.90. The summed E-state index contributed by atoms with van der Waals surface area (Å²) >= 11 is 0. The second-order valence-electron chi connectivity index (χ2n) is 8.95. The van der Waals surface area contributed by atoms with Gasteiger partial charge in [0.15, 0.2) is 0 Å². The van der Waals surface area contributed by atoms with Gasteiger partial charge in [0.25, 0.3) is 0 Å². The number of cyclic esters (lactones) is 1. The van der Waals surface area contributed by atoms with Gasteiger partial charge in [-0.25, -0.2) is 9.18 Å². The van der Waals surface area contributed by atoms with E-state index in [0.29, 0.717) is 23.4 Å². The third-order valence-corrected chi connectivity index (χ3v) is 6.18. The summed E-state index contributed by atoms with van der Waals surface area (Å²) in [6.45, 7) is 2.65. The third-order valence-electron chi connectivity index (χ3n) is 6.18. The van der Waals surface area contributed by atoms with Gasteiger partial charge in [-0.05, 0) is 34.2 Å². The molecule has 3 heterocycles. The number of rotatable bonds is 8. The van der Waals surface area contributed by atoms with Gasteiger partial charge in [-0.1, -0.05) is 24.3 Å². The van der Waals surface area contributed by atoms with Crippen LogP contribution in [0.15, 0.2) is 48.7 Å². The molecule has 0 aliphatic carbocycles. The lowest BCUT2D eigenvalue weighted by Gasteiger charge is -2.22. The number of ether oxygens (including phenoxy) is 3. The van der Waals surface area contributed by atoms with Crippen molar-refractivity contribution >= 4 is 23.5 Å². The molecule has 2 amide bonds. The summed E-state index contributed by atoms with van der Waals surface area (Å²) in [7, 11) is 0. The van der Waals surface area contributed by atoms with Gasteiger partial charge >= 0.3 is 17.9 Å². The summed E-state index contributed by atoms with van der Waals surface area (Å²) < 4.78 is 33.2. The highest BCUT2D eigenvalue weighted by atomic mass is 19.1. The van der Waals surface area contributed by atoms with Crippen LogP contribution in [0.4, 0.5) is 20.7 Å². The fourth-order valence-corrected chi connectivity index (χ4v) is 4.26. The SMILES string of the molecule is CC(=O)NC[C@H]1CN(c2ccc(-c3ccc(CO[C@@H]4COc5nc([N+](=O)[O-])cn5C4)cc3)c(F)c2)C(=O)O1. The molecule has 12 nitrogen and oxygen atoms in total. The molecule has 0 bridgehead atoms. The molecular weight excluding hydrogens is 501 g/mol. The number of fused-ring (bicyclic) bond motifs is 1. The Morgan fingerprint density at radius 2 is 2.05 bits per heavy atom. The lowest BCUT2D eigenvalue weighted by Crippen LogP contribution is -2.33. The number of hydrogen-bond acceptors (Lipinski definition) is 8. The molecule has 0 spiro atoms. The lowest BCUT2D eigenvalue weighted by molar-refractivity contribution is -0.389. The number of imidazole rings is 1. The van der Waals surface area contributed by atoms with Crippen LogP contribution in [-0.2, 0) is 27.4 Å². The smallest absolute Gasteiger partial charge is 0.414 e. The summed E-state index contributed by atoms with van der Waals surface area (Å²) in [4.78, 5) is 38.8. The Hall–Kier alpha value is -4.52. The first-order valence-corrected chi connectivity index (χ1v) is 11.8. The van der Waals surface area contributed by atoms with Gasteiger partial charge in [0.1, 0.15) is 30.8 Å². The molecule has 1 saturated heterocycles. The van der Waals surface area contributed by atoms with Crippen LogP contribution in [0.3, 0.4) is 0 Å². The Labute approximate surface area is 216 Å². The van der Waals surface area contributed by atoms with Gasteiger partial charge in [-0.3, -0.25) is 14.3 Å². The Morgan fingerprint density at radius 3 is 2.76 bits per heavy atom. The summed E-state index contributed by atoms with van der Waals surface area (Å²) in [5.74, 6) is -0.992. The van der Waals surface area contributed by atoms with Gasteiger partial charge in [-0.2, -0.15) is 0 Å². The topological polar surface area (TPSA) is 138 Å². The second-order valence-corrected chi connectivity index (χ2v) is 8.95. The predicted octanol–water partition coefficient (Wildman–Crippen LogP) is 3.04. The molecule has 1 N–H and O–H groups in total. The van der Waals surface area contributed by atoms with E-state index in [4.69, 9.17) is 14.2 Å². The van der Waals surface area contributed by atoms with Gasteiger partial charge in [0.2, 0.25) is 5.91 Å². The molecule has 2 aliphatic heterocycles. The molecule has 2 aromatic carbocycles. The van der Waals surface area contributed by atoms with Crippen LogP contribution < -0.4 is 15.0 Å². The van der Waals surface area contributed by atoms with Gasteiger partial charge < -0.3 is 29.6 Å². The Balaban J connectivity index is 1.18. The van der Waals surface area contributed by atoms with E-state index in [2.05, 4.69) is 10.3 Å². The number of aromatic nitrogens is 2. The number of nitrogens with zero attached hydrogens (tertiary/aromatic N) is 4. The van der Waals surface area contributed by atoms with E-state index >= 15 is 4.39 Å². The Bertz CT molecular complexity index is 1380. The van der Waals surface area contributed by atoms with E-state index in [1.807, 2.05) is 12.1 Å². The van der Waals surface area contributed by atoms with Crippen LogP contribution in [0.5, 0.6) is 6.01 Å². The molecule has 38 heavy (non-hydrogen) atoms. The zero-order valence-corrected chi connectivity index (χ0v) is 20.3. The number of carbonyl (C=O) groups excluding carboxylic acids is 2. The standard InChI is InChI=1S/C25H24FN5O7/c1-15(32)27-9-19-11-30(25(33)38-19)18-6-7-21(22(26)8-18)17-4-2-16(3-5-17)13-36-20-10-29-12-23(31(34)35)28-24(29)37-14-20/h2-8,12,19-20H,9-11,13-14H2,1H3,(H,27,32)/t19-,20-/m0/s1. The zero-order chi connectivity index (χ0) is 26.8. The van der Waals surface area contributed by atoms with Crippen molar-refractivity contribution in [1.29, 1.82) is 0 Å². The minimum Gasteiger partial charge on any atom is -0.443 e. The maximum absolute atomic E-state index is 15.0. The number of halogens is 1. The first-order chi connectivity index (χ1) is 18.3. The largest absolute Gasteiger partial charge is 0.443 e. The van der Waals surface area contributed by atoms with Crippen LogP contribution >= 0.6 is 0 Å². The first kappa shape index (κ1) is 25.1. The van der Waals surface area contributed by atoms with Crippen molar-refractivity contribution in [2.24, 2.45) is 0 Å². The molecule has 1 aromatic heterocycles. The molecule has 0 radical (unpaired) electrons. The van der Waals surface area contributed by atoms with E-state index in [0.717, 1.165) is 5.56 Å². The summed E-state index contributed by atoms with van der Waals surface area (Å²) in [6, 6.07) is 11.9. The molecule has 2 atom stereocenters. The van der Waals surface area contributed by atoms with E-state index in [1.54, 1.807) is 28.8 Å². The fraction of sp³-hybridized carbons (Fsp3) is 0.320. The van der Waals surface area contributed by atoms with E-state index < -0.39 is 22.9 Å². The Morgan fingerprint density at radius 1 is 1.26 bits per heavy atom. The molecule has 3 aromatic rings. The number of amides is 2. The molecular formula is C25H24FN5O7. The summed E-state index contributed by atoms with van der Waals surface area (Å²) in [5, 5.41) is 13.5. The van der Waals surface area contributed by atoms with E-state index in [9.17, 15) is 19.7 Å². The zero-order valence-electron chi connectivity index (χ0n) is 20.3. The maximum Gasteiger partial charge on any atom is 0.414 e. The van der Waals surface area contributed by atoms with E-state index in [1.165, 1.54) is 24.1 Å². The van der Waals surface area contributed by atoms with Crippen molar-refractivity contribution in [1.82, 2.24) is 14.9 Å². The maximum atomic E-state index is 15.0. The van der Waals surface area contributed by atoms with Gasteiger partial charge in [0.05, 0.1) is 31.9 Å². The second kappa shape index (κ2) is 10.5. The number of nitro groups is 1. The minimum atomic E-state index is -0.595. The number of anilines is 1. The van der Waals surface area contributed by atoms with Gasteiger partial charge in [-0.15, -0.1) is 0 Å². The van der Waals surface area contributed by atoms with Crippen molar-refractivity contribution in [2.75, 3.05) is 24.6 Å². The molecule has 1 fully saturated rings. The number of hydrogen-bond donors (Lipinski definition) is 1. The monoisotopic (exact) mass is 525 g/mol. The molecule has 5 rings (SSSR count). The van der Waals surface area contributed by atoms with Crippen molar-refractivity contribution in [3.63, 3.8) is 0 Å². The van der Waals surface area contributed by atoms with Crippen LogP contribution in [0.1, 0.15) is 12.5 Å². The normalized spacial score (nSPS) is 18.5. The first-order valence-electron chi connectivity index (χ1n) is 11.8. The van der Waals surface area contributed by atoms with Crippen molar-refractivity contribution in [3.05, 3.63) is 70.2 Å². The third kappa shape index (κ3) is 5.42. The number of carbonyl (C=O) groups is 2. The van der Waals surface area contributed by atoms with Crippen molar-refractivity contribution in [2.45, 2.75) is 32.3 Å². The average molecular weight is 525 g/mol. The van der Waals surface area contributed by atoms with Crippen molar-refractivity contribution in [3.8, 4) is 17.1 Å². The van der Waals surface area contributed by atoms with Crippen LogP contribution in [0.2, 0.25) is 0 Å². The quantitative estimate of drug-likeness (QED) is 0.350. The molecule has 198 valence electrons. The Kier molecular flexibility index (Phi) is 6.92. The number of benzene rings is 2. The van der Waals surface area contributed by atoms with E-state index in [-0.39, 0.29) is 50.1 Å². The average Bonchev–Trinajstić information content (AvgIpc) is 3.49. The molecule has 0 unspecified atom stereocenters.